The molecular formula is C42H67N7O5. The number of carbonyl (C=O) groups excluding carboxylic acids is 4. The number of rotatable bonds is 20. The van der Waals surface area contributed by atoms with Crippen LogP contribution in [0.4, 0.5) is 0 Å². The van der Waals surface area contributed by atoms with Gasteiger partial charge in [-0.15, -0.1) is 10.6 Å². The lowest BCUT2D eigenvalue weighted by Gasteiger charge is -2.41. The molecule has 12 nitrogen and oxygen atoms in total. The first-order chi connectivity index (χ1) is 25.8. The van der Waals surface area contributed by atoms with Crippen LogP contribution >= 0.6 is 0 Å². The molecule has 2 bridgehead atoms. The van der Waals surface area contributed by atoms with E-state index in [0.717, 1.165) is 44.1 Å². The number of hydrazone groups is 1. The van der Waals surface area contributed by atoms with E-state index in [0.29, 0.717) is 37.2 Å². The molecule has 0 unspecified atom stereocenters. The predicted molar refractivity (Wildman–Crippen MR) is 211 cm³/mol. The van der Waals surface area contributed by atoms with Crippen molar-refractivity contribution in [2.45, 2.75) is 136 Å². The third-order valence-corrected chi connectivity index (χ3v) is 13.4. The minimum absolute atomic E-state index is 0.00781. The van der Waals surface area contributed by atoms with Crippen LogP contribution in [0.5, 0.6) is 0 Å². The summed E-state index contributed by atoms with van der Waals surface area (Å²) >= 11 is 0. The molecule has 1 aromatic rings. The average molecular weight is 750 g/mol. The molecule has 1 saturated carbocycles. The van der Waals surface area contributed by atoms with Gasteiger partial charge in [0.15, 0.2) is 5.78 Å². The average Bonchev–Trinajstić information content (AvgIpc) is 4.02. The van der Waals surface area contributed by atoms with Crippen molar-refractivity contribution in [2.75, 3.05) is 20.7 Å². The number of amides is 2. The Morgan fingerprint density at radius 2 is 1.74 bits per heavy atom. The number of methoxy groups -OCH3 is 1. The van der Waals surface area contributed by atoms with Crippen molar-refractivity contribution in [1.29, 1.82) is 0 Å². The number of likely N-dealkylation sites (N-methyl/N-ethyl adjacent to an activating group) is 1. The van der Waals surface area contributed by atoms with E-state index in [1.54, 1.807) is 12.0 Å². The normalized spacial score (nSPS) is 25.9. The maximum absolute atomic E-state index is 14.3. The van der Waals surface area contributed by atoms with Gasteiger partial charge in [0.05, 0.1) is 24.6 Å². The van der Waals surface area contributed by atoms with Gasteiger partial charge in [-0.05, 0) is 67.8 Å². The van der Waals surface area contributed by atoms with Crippen LogP contribution in [0.25, 0.3) is 0 Å². The van der Waals surface area contributed by atoms with Gasteiger partial charge in [-0.3, -0.25) is 24.6 Å². The third-order valence-electron chi connectivity index (χ3n) is 13.4. The van der Waals surface area contributed by atoms with Gasteiger partial charge in [0.2, 0.25) is 11.8 Å². The molecule has 1 aromatic carbocycles. The topological polar surface area (TPSA) is 144 Å². The summed E-state index contributed by atoms with van der Waals surface area (Å²) in [6.07, 6.45) is 6.64. The standard InChI is InChI=1S/C42H67N7O5/c1-9-26(4)40(48(7)42(53)33(25(2)3)23-36(51)39-30-17-18-32(21-30)43-39)37(54-8)24-38(52)49-19-13-16-34(49)27(5)28(6)35(50)22-31(41-44-46-47-45-41)20-29-14-11-10-12-15-29/h10-12,14-15,25-28,30-34,37,39-40,43,46-47H,9,13,16-24H2,1-8H3,(H,44,45)/t26-,27+,28+,30-,31+,32+,33-,34-,37+,39-,40-/m0/s1. The van der Waals surface area contributed by atoms with Crippen molar-refractivity contribution in [3.63, 3.8) is 0 Å². The predicted octanol–water partition coefficient (Wildman–Crippen LogP) is 4.64. The minimum Gasteiger partial charge on any atom is -0.379 e. The van der Waals surface area contributed by atoms with Crippen LogP contribution in [-0.4, -0.2) is 90.0 Å². The van der Waals surface area contributed by atoms with E-state index in [9.17, 15) is 19.2 Å². The van der Waals surface area contributed by atoms with Crippen molar-refractivity contribution >= 4 is 29.2 Å². The van der Waals surface area contributed by atoms with Gasteiger partial charge < -0.3 is 19.9 Å². The number of carbonyl (C=O) groups is 4. The maximum Gasteiger partial charge on any atom is 0.226 e. The molecule has 0 radical (unpaired) electrons. The zero-order valence-corrected chi connectivity index (χ0v) is 34.0. The van der Waals surface area contributed by atoms with Crippen molar-refractivity contribution in [3.05, 3.63) is 35.9 Å². The lowest BCUT2D eigenvalue weighted by atomic mass is 9.80. The van der Waals surface area contributed by atoms with Crippen molar-refractivity contribution in [3.8, 4) is 0 Å². The third kappa shape index (κ3) is 9.71. The molecule has 3 fully saturated rings. The fourth-order valence-electron chi connectivity index (χ4n) is 9.72. The smallest absolute Gasteiger partial charge is 0.226 e. The second-order valence-electron chi connectivity index (χ2n) is 17.1. The first-order valence-corrected chi connectivity index (χ1v) is 20.6. The number of fused-ring (bicyclic) bond motifs is 2. The molecule has 54 heavy (non-hydrogen) atoms. The van der Waals surface area contributed by atoms with E-state index in [1.807, 2.05) is 50.9 Å². The molecule has 12 heteroatoms. The molecule has 4 N–H and O–H groups in total. The first kappa shape index (κ1) is 41.8. The van der Waals surface area contributed by atoms with Gasteiger partial charge in [0.1, 0.15) is 11.6 Å². The highest BCUT2D eigenvalue weighted by atomic mass is 16.5. The number of piperidine rings is 1. The number of ketones is 2. The van der Waals surface area contributed by atoms with Gasteiger partial charge >= 0.3 is 0 Å². The van der Waals surface area contributed by atoms with E-state index >= 15 is 0 Å². The summed E-state index contributed by atoms with van der Waals surface area (Å²) in [5.74, 6) is 0.508. The van der Waals surface area contributed by atoms with Crippen LogP contribution < -0.4 is 21.8 Å². The molecule has 11 atom stereocenters. The molecule has 0 spiro atoms. The number of nitrogens with one attached hydrogen (secondary N) is 4. The lowest BCUT2D eigenvalue weighted by molar-refractivity contribution is -0.148. The molecule has 0 aromatic heterocycles. The Bertz CT molecular complexity index is 1470. The minimum atomic E-state index is -0.520. The van der Waals surface area contributed by atoms with Crippen LogP contribution in [0.1, 0.15) is 105 Å². The Morgan fingerprint density at radius 1 is 1.00 bits per heavy atom. The summed E-state index contributed by atoms with van der Waals surface area (Å²) in [4.78, 5) is 59.8. The molecule has 2 saturated heterocycles. The zero-order valence-electron chi connectivity index (χ0n) is 34.0. The molecule has 3 heterocycles. The van der Waals surface area contributed by atoms with Crippen LogP contribution in [-0.2, 0) is 30.3 Å². The second-order valence-corrected chi connectivity index (χ2v) is 17.1. The highest BCUT2D eigenvalue weighted by Gasteiger charge is 2.45. The van der Waals surface area contributed by atoms with Crippen LogP contribution in [0.2, 0.25) is 0 Å². The first-order valence-electron chi connectivity index (χ1n) is 20.6. The summed E-state index contributed by atoms with van der Waals surface area (Å²) < 4.78 is 6.10. The number of hydrazine groups is 2. The van der Waals surface area contributed by atoms with Gasteiger partial charge in [0.25, 0.3) is 0 Å². The molecule has 2 amide bonds. The number of likely N-dealkylation sites (tertiary alicyclic amines) is 1. The Balaban J connectivity index is 1.24. The second kappa shape index (κ2) is 19.0. The molecule has 1 aliphatic carbocycles. The van der Waals surface area contributed by atoms with Gasteiger partial charge in [0, 0.05) is 63.4 Å². The van der Waals surface area contributed by atoms with Crippen LogP contribution in [0, 0.1) is 41.4 Å². The summed E-state index contributed by atoms with van der Waals surface area (Å²) in [7, 11) is 3.45. The number of benzene rings is 1. The summed E-state index contributed by atoms with van der Waals surface area (Å²) in [6.45, 7) is 13.0. The number of hydrogen-bond acceptors (Lipinski definition) is 10. The Hall–Kier alpha value is -3.35. The number of Topliss-reactive ketones (excluding diaryl/α,β-unsaturated/α-hetero) is 2. The number of amidine groups is 1. The Labute approximate surface area is 323 Å². The quantitative estimate of drug-likeness (QED) is 0.150. The van der Waals surface area contributed by atoms with E-state index in [2.05, 4.69) is 59.8 Å². The van der Waals surface area contributed by atoms with E-state index < -0.39 is 12.0 Å². The maximum atomic E-state index is 14.3. The van der Waals surface area contributed by atoms with Gasteiger partial charge in [-0.25, -0.2) is 5.53 Å². The van der Waals surface area contributed by atoms with Crippen LogP contribution in [0.3, 0.4) is 0 Å². The Kier molecular flexibility index (Phi) is 14.7. The highest BCUT2D eigenvalue weighted by molar-refractivity contribution is 5.92. The van der Waals surface area contributed by atoms with Crippen molar-refractivity contribution in [2.24, 2.45) is 46.5 Å². The van der Waals surface area contributed by atoms with Gasteiger partial charge in [-0.1, -0.05) is 78.3 Å². The summed E-state index contributed by atoms with van der Waals surface area (Å²) in [6, 6.07) is 10.00. The van der Waals surface area contributed by atoms with E-state index in [1.165, 1.54) is 0 Å². The monoisotopic (exact) mass is 750 g/mol. The van der Waals surface area contributed by atoms with Gasteiger partial charge in [-0.2, -0.15) is 0 Å². The summed E-state index contributed by atoms with van der Waals surface area (Å²) in [5.41, 5.74) is 9.73. The van der Waals surface area contributed by atoms with E-state index in [4.69, 9.17) is 4.74 Å². The molecule has 3 aliphatic heterocycles. The largest absolute Gasteiger partial charge is 0.379 e. The molecular weight excluding hydrogens is 683 g/mol. The molecule has 4 aliphatic rings. The fraction of sp³-hybridized carbons (Fsp3) is 0.738. The number of ether oxygens (including phenoxy) is 1. The summed E-state index contributed by atoms with van der Waals surface area (Å²) in [5, 5.41) is 7.85. The number of hydrogen-bond donors (Lipinski definition) is 4. The van der Waals surface area contributed by atoms with Crippen molar-refractivity contribution in [1.82, 2.24) is 31.6 Å². The number of nitrogens with zero attached hydrogens (tertiary/aromatic N) is 3. The SMILES string of the molecule is CC[C@H](C)[C@@H]([C@@H](CC(=O)N1CCC[C@H]1[C@H](C)[C@@H](C)C(=O)C[C@@H](Cc1ccccc1)C1=NNNN1)OC)N(C)C(=O)[C@@H](CC(=O)[C@H]1N[C@@H]2CC[C@H]1C2)C(C)C. The fourth-order valence-corrected chi connectivity index (χ4v) is 9.72. The zero-order chi connectivity index (χ0) is 39.1. The lowest BCUT2D eigenvalue weighted by Crippen LogP contribution is -2.53. The van der Waals surface area contributed by atoms with Crippen molar-refractivity contribution < 1.29 is 23.9 Å². The molecule has 5 rings (SSSR count). The Morgan fingerprint density at radius 3 is 2.33 bits per heavy atom. The molecule has 300 valence electrons. The highest BCUT2D eigenvalue weighted by Crippen LogP contribution is 2.37. The van der Waals surface area contributed by atoms with Crippen LogP contribution in [0.15, 0.2) is 35.4 Å². The van der Waals surface area contributed by atoms with E-state index in [-0.39, 0.29) is 83.9 Å².